The molecule has 0 fully saturated rings. The normalized spacial score (nSPS) is 10.7. The largest absolute Gasteiger partial charge is 0.730 e. The topological polar surface area (TPSA) is 102 Å². The zero-order valence-corrected chi connectivity index (χ0v) is 8.28. The van der Waals surface area contributed by atoms with E-state index >= 15 is 0 Å². The van der Waals surface area contributed by atoms with Gasteiger partial charge in [-0.2, -0.15) is 0 Å². The second-order valence-electron chi connectivity index (χ2n) is 2.19. The van der Waals surface area contributed by atoms with Crippen LogP contribution in [-0.2, 0) is 24.2 Å². The monoisotopic (exact) mass is 223 g/mol. The smallest absolute Gasteiger partial charge is 0.484 e. The van der Waals surface area contributed by atoms with Crippen LogP contribution in [0.25, 0.3) is 0 Å². The summed E-state index contributed by atoms with van der Waals surface area (Å²) in [6.45, 7) is 4.23. The van der Waals surface area contributed by atoms with Crippen LogP contribution in [0.1, 0.15) is 6.92 Å². The van der Waals surface area contributed by atoms with Crippen molar-refractivity contribution < 1.29 is 27.6 Å². The van der Waals surface area contributed by atoms with Crippen LogP contribution in [0.4, 0.5) is 0 Å². The maximum absolute atomic E-state index is 10.9. The van der Waals surface area contributed by atoms with Gasteiger partial charge in [-0.15, -0.1) is 11.5 Å². The van der Waals surface area contributed by atoms with Crippen molar-refractivity contribution >= 4 is 23.3 Å². The summed E-state index contributed by atoms with van der Waals surface area (Å²) in [4.78, 5) is 11.8. The maximum atomic E-state index is 10.9. The highest BCUT2D eigenvalue weighted by Gasteiger charge is 2.22. The predicted octanol–water partition coefficient (Wildman–Crippen LogP) is -1.44. The third-order valence-corrected chi connectivity index (χ3v) is 1.90. The van der Waals surface area contributed by atoms with Crippen LogP contribution >= 0.6 is 0 Å². The molecule has 0 unspecified atom stereocenters. The van der Waals surface area contributed by atoms with Gasteiger partial charge in [-0.25, -0.2) is 8.42 Å². The molecule has 0 aliphatic heterocycles. The molecule has 0 spiro atoms. The molecule has 0 aliphatic carbocycles. The summed E-state index contributed by atoms with van der Waals surface area (Å²) in [7, 11) is -5.67. The SMILES string of the molecule is C=CCS(=O)(=O)NOB(O)OC(C)=O. The van der Waals surface area contributed by atoms with Crippen molar-refractivity contribution in [3.8, 4) is 0 Å². The number of sulfonamides is 1. The molecule has 9 heteroatoms. The highest BCUT2D eigenvalue weighted by atomic mass is 32.2. The molecule has 7 nitrogen and oxygen atoms in total. The third kappa shape index (κ3) is 6.60. The van der Waals surface area contributed by atoms with Crippen LogP contribution in [0, 0.1) is 0 Å². The minimum absolute atomic E-state index is 0.375. The van der Waals surface area contributed by atoms with Gasteiger partial charge >= 0.3 is 7.32 Å². The standard InChI is InChI=1S/C5H10BNO6S/c1-3-4-14(10,11)7-13-6(9)12-5(2)8/h3,7,9H,1,4H2,2H3. The molecule has 0 atom stereocenters. The number of carbonyl (C=O) groups excluding carboxylic acids is 1. The Hall–Kier alpha value is -0.895. The Morgan fingerprint density at radius 1 is 1.71 bits per heavy atom. The fourth-order valence-corrected chi connectivity index (χ4v) is 1.08. The van der Waals surface area contributed by atoms with E-state index < -0.39 is 23.3 Å². The Bertz CT molecular complexity index is 301. The molecule has 14 heavy (non-hydrogen) atoms. The lowest BCUT2D eigenvalue weighted by atomic mass is 10.2. The van der Waals surface area contributed by atoms with Crippen molar-refractivity contribution in [3.63, 3.8) is 0 Å². The Morgan fingerprint density at radius 2 is 2.29 bits per heavy atom. The van der Waals surface area contributed by atoms with E-state index in [2.05, 4.69) is 16.0 Å². The summed E-state index contributed by atoms with van der Waals surface area (Å²) >= 11 is 0. The van der Waals surface area contributed by atoms with Gasteiger partial charge in [0.05, 0.1) is 5.75 Å². The maximum Gasteiger partial charge on any atom is 0.730 e. The van der Waals surface area contributed by atoms with Gasteiger partial charge in [-0.05, 0) is 0 Å². The molecule has 0 amide bonds. The molecule has 0 saturated heterocycles. The van der Waals surface area contributed by atoms with E-state index in [0.717, 1.165) is 13.0 Å². The number of hydrogen-bond acceptors (Lipinski definition) is 6. The van der Waals surface area contributed by atoms with Gasteiger partial charge in [0.15, 0.2) is 0 Å². The van der Waals surface area contributed by atoms with Gasteiger partial charge in [0.25, 0.3) is 5.97 Å². The highest BCUT2D eigenvalue weighted by Crippen LogP contribution is 1.88. The molecule has 0 aliphatic rings. The second kappa shape index (κ2) is 5.76. The Morgan fingerprint density at radius 3 is 2.71 bits per heavy atom. The average Bonchev–Trinajstić information content (AvgIpc) is 2.00. The first-order chi connectivity index (χ1) is 6.37. The van der Waals surface area contributed by atoms with E-state index in [-0.39, 0.29) is 5.75 Å². The van der Waals surface area contributed by atoms with Gasteiger partial charge in [0.2, 0.25) is 10.0 Å². The van der Waals surface area contributed by atoms with Crippen LogP contribution in [0.5, 0.6) is 0 Å². The minimum atomic E-state index is -3.70. The molecule has 0 aromatic heterocycles. The molecule has 0 bridgehead atoms. The van der Waals surface area contributed by atoms with E-state index in [9.17, 15) is 13.2 Å². The summed E-state index contributed by atoms with van der Waals surface area (Å²) in [6.07, 6.45) is 1.13. The van der Waals surface area contributed by atoms with E-state index in [1.807, 2.05) is 0 Å². The van der Waals surface area contributed by atoms with Crippen molar-refractivity contribution in [2.24, 2.45) is 0 Å². The molecular weight excluding hydrogens is 213 g/mol. The van der Waals surface area contributed by atoms with E-state index in [1.54, 1.807) is 0 Å². The van der Waals surface area contributed by atoms with Crippen molar-refractivity contribution in [2.75, 3.05) is 5.75 Å². The summed E-state index contributed by atoms with van der Waals surface area (Å²) < 4.78 is 29.9. The second-order valence-corrected chi connectivity index (χ2v) is 3.92. The molecule has 0 saturated carbocycles. The minimum Gasteiger partial charge on any atom is -0.484 e. The lowest BCUT2D eigenvalue weighted by Gasteiger charge is -2.07. The molecule has 80 valence electrons. The summed E-state index contributed by atoms with van der Waals surface area (Å²) in [6, 6.07) is 0. The zero-order chi connectivity index (χ0) is 11.2. The fourth-order valence-electron chi connectivity index (χ4n) is 0.470. The molecule has 0 aromatic carbocycles. The first-order valence-corrected chi connectivity index (χ1v) is 5.14. The fraction of sp³-hybridized carbons (Fsp3) is 0.400. The average molecular weight is 223 g/mol. The van der Waals surface area contributed by atoms with Crippen LogP contribution in [0.3, 0.4) is 0 Å². The molecule has 0 aromatic rings. The molecule has 0 heterocycles. The van der Waals surface area contributed by atoms with E-state index in [1.165, 1.54) is 4.89 Å². The van der Waals surface area contributed by atoms with Crippen molar-refractivity contribution in [3.05, 3.63) is 12.7 Å². The van der Waals surface area contributed by atoms with Crippen molar-refractivity contribution in [1.82, 2.24) is 4.89 Å². The van der Waals surface area contributed by atoms with Crippen LogP contribution in [0.15, 0.2) is 12.7 Å². The molecule has 0 rings (SSSR count). The first kappa shape index (κ1) is 13.1. The van der Waals surface area contributed by atoms with Crippen LogP contribution in [-0.4, -0.2) is 32.5 Å². The molecule has 0 radical (unpaired) electrons. The van der Waals surface area contributed by atoms with E-state index in [4.69, 9.17) is 5.02 Å². The summed E-state index contributed by atoms with van der Waals surface area (Å²) in [5.74, 6) is -1.18. The van der Waals surface area contributed by atoms with Gasteiger partial charge in [-0.3, -0.25) is 9.55 Å². The number of carbonyl (C=O) groups is 1. The predicted molar refractivity (Wildman–Crippen MR) is 47.9 cm³/mol. The Labute approximate surface area is 81.9 Å². The van der Waals surface area contributed by atoms with Gasteiger partial charge in [0, 0.05) is 6.92 Å². The first-order valence-electron chi connectivity index (χ1n) is 3.48. The number of rotatable bonds is 6. The lowest BCUT2D eigenvalue weighted by molar-refractivity contribution is -0.135. The Balaban J connectivity index is 3.93. The zero-order valence-electron chi connectivity index (χ0n) is 7.47. The van der Waals surface area contributed by atoms with Crippen molar-refractivity contribution in [2.45, 2.75) is 6.92 Å². The number of nitrogens with one attached hydrogen (secondary N) is 1. The van der Waals surface area contributed by atoms with E-state index in [0.29, 0.717) is 0 Å². The van der Waals surface area contributed by atoms with Crippen LogP contribution in [0.2, 0.25) is 0 Å². The van der Waals surface area contributed by atoms with Gasteiger partial charge in [-0.1, -0.05) is 6.08 Å². The summed E-state index contributed by atoms with van der Waals surface area (Å²) in [5.41, 5.74) is 0. The summed E-state index contributed by atoms with van der Waals surface area (Å²) in [5, 5.41) is 8.73. The molecular formula is C5H10BNO6S. The van der Waals surface area contributed by atoms with Gasteiger partial charge < -0.3 is 9.68 Å². The van der Waals surface area contributed by atoms with Crippen molar-refractivity contribution in [1.29, 1.82) is 0 Å². The third-order valence-electron chi connectivity index (χ3n) is 0.880. The highest BCUT2D eigenvalue weighted by molar-refractivity contribution is 7.89. The Kier molecular flexibility index (Phi) is 5.39. The lowest BCUT2D eigenvalue weighted by Crippen LogP contribution is -2.36. The molecule has 2 N–H and O–H groups in total. The quantitative estimate of drug-likeness (QED) is 0.325. The van der Waals surface area contributed by atoms with Gasteiger partial charge in [0.1, 0.15) is 0 Å². The number of hydrogen-bond donors (Lipinski definition) is 2. The van der Waals surface area contributed by atoms with Crippen LogP contribution < -0.4 is 4.89 Å².